The first kappa shape index (κ1) is 11.7. The van der Waals surface area contributed by atoms with Crippen molar-refractivity contribution in [1.82, 2.24) is 0 Å². The Morgan fingerprint density at radius 2 is 2.25 bits per heavy atom. The van der Waals surface area contributed by atoms with Crippen LogP contribution in [-0.2, 0) is 0 Å². The molecule has 1 unspecified atom stereocenters. The average molecular weight is 241 g/mol. The van der Waals surface area contributed by atoms with Crippen LogP contribution in [0.25, 0.3) is 0 Å². The maximum Gasteiger partial charge on any atom is 0.123 e. The van der Waals surface area contributed by atoms with Gasteiger partial charge in [-0.25, -0.2) is 0 Å². The van der Waals surface area contributed by atoms with Crippen molar-refractivity contribution in [3.05, 3.63) is 28.8 Å². The fraction of sp³-hybridized carbons (Fsp3) is 0.538. The van der Waals surface area contributed by atoms with Gasteiger partial charge in [0, 0.05) is 23.1 Å². The van der Waals surface area contributed by atoms with Crippen LogP contribution in [0.15, 0.2) is 18.2 Å². The maximum atomic E-state index is 9.21. The summed E-state index contributed by atoms with van der Waals surface area (Å²) in [5.74, 6) is 0.935. The van der Waals surface area contributed by atoms with Crippen molar-refractivity contribution in [2.75, 3.05) is 6.61 Å². The van der Waals surface area contributed by atoms with Crippen molar-refractivity contribution < 1.29 is 9.84 Å². The highest BCUT2D eigenvalue weighted by Crippen LogP contribution is 2.33. The number of aliphatic hydroxyl groups is 1. The SMILES string of the molecule is CC(CO)c1cc(Cl)ccc1OC1CCC1. The molecule has 0 aromatic heterocycles. The second kappa shape index (κ2) is 5.07. The van der Waals surface area contributed by atoms with E-state index in [1.807, 2.05) is 25.1 Å². The van der Waals surface area contributed by atoms with Crippen LogP contribution >= 0.6 is 11.6 Å². The molecule has 16 heavy (non-hydrogen) atoms. The summed E-state index contributed by atoms with van der Waals surface area (Å²) in [7, 11) is 0. The van der Waals surface area contributed by atoms with Crippen LogP contribution in [0.5, 0.6) is 5.75 Å². The van der Waals surface area contributed by atoms with Crippen molar-refractivity contribution in [1.29, 1.82) is 0 Å². The zero-order valence-corrected chi connectivity index (χ0v) is 10.2. The molecule has 0 amide bonds. The van der Waals surface area contributed by atoms with Gasteiger partial charge in [-0.2, -0.15) is 0 Å². The molecule has 0 saturated heterocycles. The van der Waals surface area contributed by atoms with E-state index in [-0.39, 0.29) is 12.5 Å². The zero-order chi connectivity index (χ0) is 11.5. The molecule has 0 radical (unpaired) electrons. The van der Waals surface area contributed by atoms with Gasteiger partial charge in [-0.15, -0.1) is 0 Å². The van der Waals surface area contributed by atoms with Crippen LogP contribution in [0, 0.1) is 0 Å². The molecule has 88 valence electrons. The average Bonchev–Trinajstić information content (AvgIpc) is 2.23. The molecule has 0 spiro atoms. The van der Waals surface area contributed by atoms with Crippen LogP contribution in [0.2, 0.25) is 5.02 Å². The molecule has 1 saturated carbocycles. The molecule has 0 bridgehead atoms. The van der Waals surface area contributed by atoms with Crippen molar-refractivity contribution in [2.24, 2.45) is 0 Å². The van der Waals surface area contributed by atoms with Gasteiger partial charge in [0.2, 0.25) is 0 Å². The summed E-state index contributed by atoms with van der Waals surface area (Å²) in [5.41, 5.74) is 1.00. The summed E-state index contributed by atoms with van der Waals surface area (Å²) in [5, 5.41) is 9.90. The molecule has 1 aromatic carbocycles. The number of halogens is 1. The molecule has 2 nitrogen and oxygen atoms in total. The van der Waals surface area contributed by atoms with Gasteiger partial charge < -0.3 is 9.84 Å². The topological polar surface area (TPSA) is 29.5 Å². The highest BCUT2D eigenvalue weighted by atomic mass is 35.5. The third-order valence-corrected chi connectivity index (χ3v) is 3.36. The molecular formula is C13H17ClO2. The number of aliphatic hydroxyl groups excluding tert-OH is 1. The van der Waals surface area contributed by atoms with Gasteiger partial charge in [0.05, 0.1) is 6.10 Å². The van der Waals surface area contributed by atoms with Gasteiger partial charge in [0.25, 0.3) is 0 Å². The van der Waals surface area contributed by atoms with E-state index in [9.17, 15) is 5.11 Å². The van der Waals surface area contributed by atoms with Gasteiger partial charge in [-0.1, -0.05) is 18.5 Å². The molecule has 0 heterocycles. The Balaban J connectivity index is 2.20. The summed E-state index contributed by atoms with van der Waals surface area (Å²) in [4.78, 5) is 0. The van der Waals surface area contributed by atoms with Crippen molar-refractivity contribution in [3.63, 3.8) is 0 Å². The Morgan fingerprint density at radius 3 is 2.81 bits per heavy atom. The molecule has 2 rings (SSSR count). The third-order valence-electron chi connectivity index (χ3n) is 3.12. The standard InChI is InChI=1S/C13H17ClO2/c1-9(8-15)12-7-10(14)5-6-13(12)16-11-3-2-4-11/h5-7,9,11,15H,2-4,8H2,1H3. The summed E-state index contributed by atoms with van der Waals surface area (Å²) in [6.45, 7) is 2.08. The van der Waals surface area contributed by atoms with E-state index < -0.39 is 0 Å². The number of ether oxygens (including phenoxy) is 1. The van der Waals surface area contributed by atoms with E-state index in [0.29, 0.717) is 11.1 Å². The second-order valence-corrected chi connectivity index (χ2v) is 4.87. The van der Waals surface area contributed by atoms with Gasteiger partial charge in [-0.3, -0.25) is 0 Å². The molecule has 1 aliphatic carbocycles. The normalized spacial score (nSPS) is 17.9. The first-order chi connectivity index (χ1) is 7.70. The third kappa shape index (κ3) is 2.50. The highest BCUT2D eigenvalue weighted by Gasteiger charge is 2.21. The highest BCUT2D eigenvalue weighted by molar-refractivity contribution is 6.30. The van der Waals surface area contributed by atoms with Crippen LogP contribution in [0.3, 0.4) is 0 Å². The lowest BCUT2D eigenvalue weighted by atomic mass is 9.95. The summed E-state index contributed by atoms with van der Waals surface area (Å²) < 4.78 is 5.89. The first-order valence-corrected chi connectivity index (χ1v) is 6.15. The van der Waals surface area contributed by atoms with Crippen LogP contribution in [0.1, 0.15) is 37.7 Å². The fourth-order valence-corrected chi connectivity index (χ4v) is 1.96. The Bertz CT molecular complexity index is 361. The molecule has 0 aliphatic heterocycles. The van der Waals surface area contributed by atoms with Crippen LogP contribution in [-0.4, -0.2) is 17.8 Å². The monoisotopic (exact) mass is 240 g/mol. The quantitative estimate of drug-likeness (QED) is 0.875. The molecular weight excluding hydrogens is 224 g/mol. The fourth-order valence-electron chi connectivity index (χ4n) is 1.78. The zero-order valence-electron chi connectivity index (χ0n) is 9.45. The Kier molecular flexibility index (Phi) is 3.72. The van der Waals surface area contributed by atoms with Crippen molar-refractivity contribution in [2.45, 2.75) is 38.2 Å². The summed E-state index contributed by atoms with van der Waals surface area (Å²) >= 11 is 5.97. The minimum atomic E-state index is 0.0637. The van der Waals surface area contributed by atoms with Crippen LogP contribution < -0.4 is 4.74 Å². The predicted octanol–water partition coefficient (Wildman–Crippen LogP) is 3.37. The predicted molar refractivity (Wildman–Crippen MR) is 65.2 cm³/mol. The minimum Gasteiger partial charge on any atom is -0.490 e. The lowest BCUT2D eigenvalue weighted by molar-refractivity contribution is 0.118. The molecule has 1 fully saturated rings. The van der Waals surface area contributed by atoms with Crippen molar-refractivity contribution >= 4 is 11.6 Å². The van der Waals surface area contributed by atoms with Gasteiger partial charge in [0.15, 0.2) is 0 Å². The lowest BCUT2D eigenvalue weighted by Crippen LogP contribution is -2.25. The number of benzene rings is 1. The van der Waals surface area contributed by atoms with Gasteiger partial charge in [0.1, 0.15) is 5.75 Å². The number of rotatable bonds is 4. The number of hydrogen-bond donors (Lipinski definition) is 1. The smallest absolute Gasteiger partial charge is 0.123 e. The Labute approximate surface area is 101 Å². The Hall–Kier alpha value is -0.730. The largest absolute Gasteiger partial charge is 0.490 e. The minimum absolute atomic E-state index is 0.0637. The summed E-state index contributed by atoms with van der Waals surface area (Å²) in [6.07, 6.45) is 3.87. The van der Waals surface area contributed by atoms with Gasteiger partial charge in [-0.05, 0) is 37.5 Å². The molecule has 1 aromatic rings. The second-order valence-electron chi connectivity index (χ2n) is 4.44. The van der Waals surface area contributed by atoms with E-state index >= 15 is 0 Å². The summed E-state index contributed by atoms with van der Waals surface area (Å²) in [6, 6.07) is 5.63. The lowest BCUT2D eigenvalue weighted by Gasteiger charge is -2.28. The van der Waals surface area contributed by atoms with E-state index in [1.54, 1.807) is 0 Å². The molecule has 3 heteroatoms. The van der Waals surface area contributed by atoms with E-state index in [2.05, 4.69) is 0 Å². The van der Waals surface area contributed by atoms with Crippen molar-refractivity contribution in [3.8, 4) is 5.75 Å². The maximum absolute atomic E-state index is 9.21. The Morgan fingerprint density at radius 1 is 1.50 bits per heavy atom. The molecule has 1 N–H and O–H groups in total. The van der Waals surface area contributed by atoms with E-state index in [0.717, 1.165) is 24.2 Å². The molecule has 1 atom stereocenters. The van der Waals surface area contributed by atoms with E-state index in [1.165, 1.54) is 6.42 Å². The first-order valence-electron chi connectivity index (χ1n) is 5.77. The molecule has 1 aliphatic rings. The number of hydrogen-bond acceptors (Lipinski definition) is 2. The van der Waals surface area contributed by atoms with Gasteiger partial charge >= 0.3 is 0 Å². The van der Waals surface area contributed by atoms with Crippen LogP contribution in [0.4, 0.5) is 0 Å². The van der Waals surface area contributed by atoms with E-state index in [4.69, 9.17) is 16.3 Å².